The van der Waals surface area contributed by atoms with Crippen molar-refractivity contribution in [1.82, 2.24) is 19.6 Å². The molecule has 1 unspecified atom stereocenters. The number of hydrogen-bond donors (Lipinski definition) is 5. The second-order valence-electron chi connectivity index (χ2n) is 7.50. The largest absolute Gasteiger partial charge is 0.481 e. The van der Waals surface area contributed by atoms with Gasteiger partial charge in [-0.3, -0.25) is 43.6 Å². The van der Waals surface area contributed by atoms with Gasteiger partial charge in [0.25, 0.3) is 0 Å². The smallest absolute Gasteiger partial charge is 0.321 e. The summed E-state index contributed by atoms with van der Waals surface area (Å²) < 4.78 is 0. The number of hydrogen-bond acceptors (Lipinski definition) is 9. The third-order valence-corrected chi connectivity index (χ3v) is 5.04. The molecule has 1 atom stereocenters. The van der Waals surface area contributed by atoms with Crippen LogP contribution in [0.3, 0.4) is 0 Å². The predicted octanol–water partition coefficient (Wildman–Crippen LogP) is -2.61. The van der Waals surface area contributed by atoms with Crippen molar-refractivity contribution in [2.45, 2.75) is 12.5 Å². The standard InChI is InChI=1S/C18H30N4O10/c23-14(24)9-13(18(31)32)22-7-5-20(11-16(27)28)3-1-19(10-15(25)26)2-4-21(6-8-22)12-17(29)30/h13H,1-12H2,(H,23,24)(H,25,26)(H,27,28)(H,29,30)(H,31,32). The molecule has 0 aromatic rings. The van der Waals surface area contributed by atoms with Gasteiger partial charge >= 0.3 is 29.8 Å². The SMILES string of the molecule is O=C(O)CC(C(=O)O)N1CCN(CC(=O)O)CCN(CC(=O)O)CCN(CC(=O)O)CC1. The van der Waals surface area contributed by atoms with Gasteiger partial charge < -0.3 is 25.5 Å². The molecule has 182 valence electrons. The van der Waals surface area contributed by atoms with Crippen LogP contribution in [-0.4, -0.2) is 153 Å². The Morgan fingerprint density at radius 2 is 0.844 bits per heavy atom. The molecule has 1 aliphatic rings. The molecular formula is C18H30N4O10. The highest BCUT2D eigenvalue weighted by atomic mass is 16.4. The van der Waals surface area contributed by atoms with Gasteiger partial charge in [0.1, 0.15) is 6.04 Å². The Bertz CT molecular complexity index is 657. The minimum atomic E-state index is -1.36. The Kier molecular flexibility index (Phi) is 11.5. The maximum absolute atomic E-state index is 11.7. The molecule has 0 bridgehead atoms. The molecule has 1 heterocycles. The van der Waals surface area contributed by atoms with Crippen molar-refractivity contribution >= 4 is 29.8 Å². The van der Waals surface area contributed by atoms with E-state index in [0.29, 0.717) is 0 Å². The Morgan fingerprint density at radius 3 is 1.09 bits per heavy atom. The molecule has 0 aromatic carbocycles. The predicted molar refractivity (Wildman–Crippen MR) is 107 cm³/mol. The van der Waals surface area contributed by atoms with Crippen molar-refractivity contribution in [1.29, 1.82) is 0 Å². The molecule has 0 aliphatic carbocycles. The van der Waals surface area contributed by atoms with E-state index in [9.17, 15) is 29.1 Å². The molecule has 0 radical (unpaired) electrons. The van der Waals surface area contributed by atoms with E-state index in [2.05, 4.69) is 0 Å². The third-order valence-electron chi connectivity index (χ3n) is 5.04. The summed E-state index contributed by atoms with van der Waals surface area (Å²) in [6, 6.07) is -1.36. The van der Waals surface area contributed by atoms with Crippen LogP contribution in [0.1, 0.15) is 6.42 Å². The second-order valence-corrected chi connectivity index (χ2v) is 7.50. The van der Waals surface area contributed by atoms with Gasteiger partial charge in [0.2, 0.25) is 0 Å². The van der Waals surface area contributed by atoms with Crippen molar-refractivity contribution in [2.24, 2.45) is 0 Å². The Hall–Kier alpha value is -2.81. The zero-order chi connectivity index (χ0) is 24.3. The average molecular weight is 462 g/mol. The van der Waals surface area contributed by atoms with Crippen LogP contribution < -0.4 is 0 Å². The fourth-order valence-electron chi connectivity index (χ4n) is 3.45. The highest BCUT2D eigenvalue weighted by Gasteiger charge is 2.29. The first-order chi connectivity index (χ1) is 15.0. The molecule has 0 saturated carbocycles. The van der Waals surface area contributed by atoms with Gasteiger partial charge in [0, 0.05) is 52.4 Å². The van der Waals surface area contributed by atoms with Crippen LogP contribution in [0.15, 0.2) is 0 Å². The van der Waals surface area contributed by atoms with Gasteiger partial charge in [-0.05, 0) is 0 Å². The van der Waals surface area contributed by atoms with Crippen LogP contribution >= 0.6 is 0 Å². The average Bonchev–Trinajstić information content (AvgIpc) is 2.65. The van der Waals surface area contributed by atoms with E-state index in [1.54, 1.807) is 4.90 Å². The molecule has 0 spiro atoms. The summed E-state index contributed by atoms with van der Waals surface area (Å²) >= 11 is 0. The summed E-state index contributed by atoms with van der Waals surface area (Å²) in [6.45, 7) is 0.0720. The summed E-state index contributed by atoms with van der Waals surface area (Å²) in [4.78, 5) is 62.5. The van der Waals surface area contributed by atoms with Crippen molar-refractivity contribution in [2.75, 3.05) is 72.0 Å². The molecule has 1 saturated heterocycles. The summed E-state index contributed by atoms with van der Waals surface area (Å²) in [7, 11) is 0. The first kappa shape index (κ1) is 27.2. The molecule has 0 amide bonds. The molecule has 14 heteroatoms. The van der Waals surface area contributed by atoms with Crippen molar-refractivity contribution < 1.29 is 49.5 Å². The zero-order valence-electron chi connectivity index (χ0n) is 17.6. The lowest BCUT2D eigenvalue weighted by Gasteiger charge is -2.35. The number of aliphatic carboxylic acids is 5. The van der Waals surface area contributed by atoms with Crippen LogP contribution in [0, 0.1) is 0 Å². The lowest BCUT2D eigenvalue weighted by Crippen LogP contribution is -2.52. The molecule has 1 rings (SSSR count). The fraction of sp³-hybridized carbons (Fsp3) is 0.722. The van der Waals surface area contributed by atoms with Crippen LogP contribution in [0.2, 0.25) is 0 Å². The monoisotopic (exact) mass is 462 g/mol. The van der Waals surface area contributed by atoms with E-state index in [4.69, 9.17) is 20.4 Å². The van der Waals surface area contributed by atoms with E-state index in [0.717, 1.165) is 0 Å². The van der Waals surface area contributed by atoms with Crippen LogP contribution in [-0.2, 0) is 24.0 Å². The Morgan fingerprint density at radius 1 is 0.531 bits per heavy atom. The molecule has 32 heavy (non-hydrogen) atoms. The summed E-state index contributed by atoms with van der Waals surface area (Å²) in [5.41, 5.74) is 0. The fourth-order valence-corrected chi connectivity index (χ4v) is 3.45. The first-order valence-electron chi connectivity index (χ1n) is 9.99. The highest BCUT2D eigenvalue weighted by molar-refractivity contribution is 5.80. The highest BCUT2D eigenvalue weighted by Crippen LogP contribution is 2.08. The molecule has 14 nitrogen and oxygen atoms in total. The number of carbonyl (C=O) groups is 5. The lowest BCUT2D eigenvalue weighted by atomic mass is 10.1. The summed E-state index contributed by atoms with van der Waals surface area (Å²) in [5.74, 6) is -5.95. The minimum absolute atomic E-state index is 0.0391. The van der Waals surface area contributed by atoms with Gasteiger partial charge in [-0.25, -0.2) is 0 Å². The zero-order valence-corrected chi connectivity index (χ0v) is 17.6. The topological polar surface area (TPSA) is 199 Å². The second kappa shape index (κ2) is 13.6. The van der Waals surface area contributed by atoms with E-state index < -0.39 is 42.3 Å². The van der Waals surface area contributed by atoms with Gasteiger partial charge in [-0.15, -0.1) is 0 Å². The molecule has 1 fully saturated rings. The maximum Gasteiger partial charge on any atom is 0.321 e. The number of carboxylic acid groups (broad SMARTS) is 5. The van der Waals surface area contributed by atoms with Gasteiger partial charge in [0.05, 0.1) is 26.1 Å². The van der Waals surface area contributed by atoms with E-state index in [1.807, 2.05) is 0 Å². The molecule has 5 N–H and O–H groups in total. The molecular weight excluding hydrogens is 432 g/mol. The van der Waals surface area contributed by atoms with Crippen LogP contribution in [0.25, 0.3) is 0 Å². The van der Waals surface area contributed by atoms with Crippen LogP contribution in [0.5, 0.6) is 0 Å². The van der Waals surface area contributed by atoms with Crippen LogP contribution in [0.4, 0.5) is 0 Å². The normalized spacial score (nSPS) is 19.4. The van der Waals surface area contributed by atoms with Crippen molar-refractivity contribution in [3.63, 3.8) is 0 Å². The van der Waals surface area contributed by atoms with Gasteiger partial charge in [-0.1, -0.05) is 0 Å². The maximum atomic E-state index is 11.7. The number of carboxylic acids is 5. The van der Waals surface area contributed by atoms with E-state index in [1.165, 1.54) is 14.7 Å². The third kappa shape index (κ3) is 11.0. The van der Waals surface area contributed by atoms with Crippen molar-refractivity contribution in [3.8, 4) is 0 Å². The molecule has 0 aromatic heterocycles. The molecule has 1 aliphatic heterocycles. The quantitative estimate of drug-likeness (QED) is 0.226. The van der Waals surface area contributed by atoms with E-state index in [-0.39, 0.29) is 72.0 Å². The lowest BCUT2D eigenvalue weighted by molar-refractivity contribution is -0.150. The summed E-state index contributed by atoms with van der Waals surface area (Å²) in [6.07, 6.45) is -0.667. The number of rotatable bonds is 10. The first-order valence-corrected chi connectivity index (χ1v) is 9.99. The Balaban J connectivity index is 3.11. The summed E-state index contributed by atoms with van der Waals surface area (Å²) in [5, 5.41) is 46.1. The van der Waals surface area contributed by atoms with Crippen molar-refractivity contribution in [3.05, 3.63) is 0 Å². The minimum Gasteiger partial charge on any atom is -0.481 e. The van der Waals surface area contributed by atoms with Gasteiger partial charge in [0.15, 0.2) is 0 Å². The van der Waals surface area contributed by atoms with Gasteiger partial charge in [-0.2, -0.15) is 0 Å². The van der Waals surface area contributed by atoms with E-state index >= 15 is 0 Å². The Labute approximate surface area is 184 Å². The number of nitrogens with zero attached hydrogens (tertiary/aromatic N) is 4.